The second kappa shape index (κ2) is 7.02. The van der Waals surface area contributed by atoms with E-state index in [9.17, 15) is 22.8 Å². The highest BCUT2D eigenvalue weighted by atomic mass is 35.5. The molecule has 0 aromatic heterocycles. The number of rotatable bonds is 2. The second-order valence-corrected chi connectivity index (χ2v) is 4.05. The van der Waals surface area contributed by atoms with Crippen LogP contribution in [0.25, 0.3) is 0 Å². The van der Waals surface area contributed by atoms with Crippen molar-refractivity contribution >= 4 is 29.4 Å². The van der Waals surface area contributed by atoms with Crippen molar-refractivity contribution in [2.24, 2.45) is 0 Å². The summed E-state index contributed by atoms with van der Waals surface area (Å²) in [4.78, 5) is 22.3. The Morgan fingerprint density at radius 3 is 2.52 bits per heavy atom. The van der Waals surface area contributed by atoms with Gasteiger partial charge in [-0.15, -0.1) is 0 Å². The summed E-state index contributed by atoms with van der Waals surface area (Å²) in [5.74, 6) is 0. The molecule has 21 heavy (non-hydrogen) atoms. The number of hydrogen-bond donors (Lipinski definition) is 3. The average molecular weight is 326 g/mol. The fourth-order valence-electron chi connectivity index (χ4n) is 1.29. The lowest BCUT2D eigenvalue weighted by molar-refractivity contribution is -0.136. The number of urea groups is 1. The van der Waals surface area contributed by atoms with Gasteiger partial charge in [-0.1, -0.05) is 11.6 Å². The predicted molar refractivity (Wildman–Crippen MR) is 68.8 cm³/mol. The summed E-state index contributed by atoms with van der Waals surface area (Å²) >= 11 is 5.50. The van der Waals surface area contributed by atoms with Gasteiger partial charge in [-0.3, -0.25) is 0 Å². The van der Waals surface area contributed by atoms with E-state index in [4.69, 9.17) is 11.6 Å². The molecule has 0 bridgehead atoms. The topological polar surface area (TPSA) is 79.5 Å². The van der Waals surface area contributed by atoms with Gasteiger partial charge >= 0.3 is 18.3 Å². The van der Waals surface area contributed by atoms with Crippen molar-refractivity contribution in [3.63, 3.8) is 0 Å². The molecule has 0 aliphatic heterocycles. The molecule has 0 unspecified atom stereocenters. The zero-order valence-electron chi connectivity index (χ0n) is 10.7. The molecule has 0 atom stereocenters. The van der Waals surface area contributed by atoms with Crippen molar-refractivity contribution in [1.29, 1.82) is 0 Å². The highest BCUT2D eigenvalue weighted by Gasteiger charge is 2.34. The third kappa shape index (κ3) is 5.38. The van der Waals surface area contributed by atoms with Crippen LogP contribution < -0.4 is 16.2 Å². The minimum atomic E-state index is -4.69. The molecule has 0 radical (unpaired) electrons. The van der Waals surface area contributed by atoms with Crippen LogP contribution in [0, 0.1) is 0 Å². The molecule has 10 heteroatoms. The zero-order valence-corrected chi connectivity index (χ0v) is 11.4. The quantitative estimate of drug-likeness (QED) is 0.731. The lowest BCUT2D eigenvalue weighted by Crippen LogP contribution is -2.44. The van der Waals surface area contributed by atoms with Crippen molar-refractivity contribution in [3.05, 3.63) is 28.8 Å². The smallest absolute Gasteiger partial charge is 0.426 e. The Kier molecular flexibility index (Phi) is 5.65. The van der Waals surface area contributed by atoms with Gasteiger partial charge in [0.25, 0.3) is 0 Å². The molecule has 6 nitrogen and oxygen atoms in total. The molecule has 3 N–H and O–H groups in total. The van der Waals surface area contributed by atoms with E-state index in [0.29, 0.717) is 6.07 Å². The van der Waals surface area contributed by atoms with Crippen LogP contribution >= 0.6 is 11.6 Å². The van der Waals surface area contributed by atoms with Crippen molar-refractivity contribution < 1.29 is 27.5 Å². The molecular weight excluding hydrogens is 315 g/mol. The van der Waals surface area contributed by atoms with E-state index >= 15 is 0 Å². The van der Waals surface area contributed by atoms with E-state index in [-0.39, 0.29) is 11.6 Å². The number of benzene rings is 1. The van der Waals surface area contributed by atoms with Gasteiger partial charge in [0.05, 0.1) is 17.9 Å². The normalized spacial score (nSPS) is 10.7. The van der Waals surface area contributed by atoms with Crippen LogP contribution in [0.3, 0.4) is 0 Å². The maximum Gasteiger partial charge on any atom is 0.426 e. The summed E-state index contributed by atoms with van der Waals surface area (Å²) in [6.07, 6.45) is -5.64. The third-order valence-electron chi connectivity index (χ3n) is 2.09. The lowest BCUT2D eigenvalue weighted by atomic mass is 10.1. The van der Waals surface area contributed by atoms with E-state index in [0.717, 1.165) is 6.07 Å². The molecule has 0 saturated carbocycles. The summed E-state index contributed by atoms with van der Waals surface area (Å²) in [7, 11) is 0. The molecule has 0 fully saturated rings. The van der Waals surface area contributed by atoms with Gasteiger partial charge < -0.3 is 10.1 Å². The van der Waals surface area contributed by atoms with Gasteiger partial charge in [0.2, 0.25) is 0 Å². The second-order valence-electron chi connectivity index (χ2n) is 3.61. The van der Waals surface area contributed by atoms with Crippen LogP contribution in [0.2, 0.25) is 5.02 Å². The fraction of sp³-hybridized carbons (Fsp3) is 0.273. The number of halogens is 4. The Morgan fingerprint density at radius 1 is 1.29 bits per heavy atom. The standard InChI is InChI=1S/C11H11ClF3N3O3/c1-2-21-10(20)18-17-9(19)16-8-4-3-6(12)5-7(8)11(13,14)15/h3-5H,2H2,1H3,(H,18,20)(H2,16,17,19). The Morgan fingerprint density at radius 2 is 1.95 bits per heavy atom. The SMILES string of the molecule is CCOC(=O)NNC(=O)Nc1ccc(Cl)cc1C(F)(F)F. The number of anilines is 1. The molecule has 0 heterocycles. The largest absolute Gasteiger partial charge is 0.449 e. The number of alkyl halides is 3. The number of carbonyl (C=O) groups is 2. The van der Waals surface area contributed by atoms with Crippen molar-refractivity contribution in [2.45, 2.75) is 13.1 Å². The van der Waals surface area contributed by atoms with Crippen LogP contribution in [-0.4, -0.2) is 18.7 Å². The molecule has 0 aliphatic carbocycles. The van der Waals surface area contributed by atoms with Crippen LogP contribution in [0.4, 0.5) is 28.4 Å². The maximum absolute atomic E-state index is 12.8. The number of ether oxygens (including phenoxy) is 1. The number of amides is 3. The molecule has 1 aromatic rings. The molecule has 0 aliphatic rings. The van der Waals surface area contributed by atoms with Crippen LogP contribution in [0.5, 0.6) is 0 Å². The van der Waals surface area contributed by atoms with Crippen LogP contribution in [-0.2, 0) is 10.9 Å². The molecule has 1 aromatic carbocycles. The monoisotopic (exact) mass is 325 g/mol. The first-order valence-electron chi connectivity index (χ1n) is 5.60. The summed E-state index contributed by atoms with van der Waals surface area (Å²) < 4.78 is 42.8. The van der Waals surface area contributed by atoms with Gasteiger partial charge in [0.15, 0.2) is 0 Å². The minimum Gasteiger partial charge on any atom is -0.449 e. The molecule has 116 valence electrons. The predicted octanol–water partition coefficient (Wildman–Crippen LogP) is 3.14. The summed E-state index contributed by atoms with van der Waals surface area (Å²) in [6, 6.07) is 1.78. The van der Waals surface area contributed by atoms with E-state index < -0.39 is 29.6 Å². The summed E-state index contributed by atoms with van der Waals surface area (Å²) in [5, 5.41) is 1.82. The number of hydrazine groups is 1. The molecular formula is C11H11ClF3N3O3. The Balaban J connectivity index is 2.74. The summed E-state index contributed by atoms with van der Waals surface area (Å²) in [5.41, 5.74) is 2.06. The zero-order chi connectivity index (χ0) is 16.0. The number of carbonyl (C=O) groups excluding carboxylic acids is 2. The van der Waals surface area contributed by atoms with Crippen LogP contribution in [0.15, 0.2) is 18.2 Å². The van der Waals surface area contributed by atoms with E-state index in [1.54, 1.807) is 6.92 Å². The third-order valence-corrected chi connectivity index (χ3v) is 2.32. The van der Waals surface area contributed by atoms with Crippen molar-refractivity contribution in [3.8, 4) is 0 Å². The first kappa shape index (κ1) is 16.9. The fourth-order valence-corrected chi connectivity index (χ4v) is 1.46. The van der Waals surface area contributed by atoms with Gasteiger partial charge in [0, 0.05) is 5.02 Å². The van der Waals surface area contributed by atoms with E-state index in [1.165, 1.54) is 6.07 Å². The first-order valence-corrected chi connectivity index (χ1v) is 5.98. The van der Waals surface area contributed by atoms with Crippen molar-refractivity contribution in [2.75, 3.05) is 11.9 Å². The molecule has 0 saturated heterocycles. The summed E-state index contributed by atoms with van der Waals surface area (Å²) in [6.45, 7) is 1.62. The van der Waals surface area contributed by atoms with Gasteiger partial charge in [0.1, 0.15) is 0 Å². The Bertz CT molecular complexity index is 537. The Hall–Kier alpha value is -2.16. The number of hydrogen-bond acceptors (Lipinski definition) is 3. The molecule has 0 spiro atoms. The van der Waals surface area contributed by atoms with E-state index in [2.05, 4.69) is 4.74 Å². The van der Waals surface area contributed by atoms with Gasteiger partial charge in [-0.05, 0) is 25.1 Å². The molecule has 3 amide bonds. The Labute approximate surface area is 122 Å². The lowest BCUT2D eigenvalue weighted by Gasteiger charge is -2.14. The van der Waals surface area contributed by atoms with E-state index in [1.807, 2.05) is 16.2 Å². The molecule has 1 rings (SSSR count). The highest BCUT2D eigenvalue weighted by Crippen LogP contribution is 2.36. The van der Waals surface area contributed by atoms with Crippen LogP contribution in [0.1, 0.15) is 12.5 Å². The maximum atomic E-state index is 12.8. The highest BCUT2D eigenvalue weighted by molar-refractivity contribution is 6.30. The van der Waals surface area contributed by atoms with Gasteiger partial charge in [-0.25, -0.2) is 20.4 Å². The van der Waals surface area contributed by atoms with Gasteiger partial charge in [-0.2, -0.15) is 13.2 Å². The average Bonchev–Trinajstić information content (AvgIpc) is 2.38. The number of nitrogens with one attached hydrogen (secondary N) is 3. The van der Waals surface area contributed by atoms with Crippen molar-refractivity contribution in [1.82, 2.24) is 10.9 Å². The first-order chi connectivity index (χ1) is 9.74. The minimum absolute atomic E-state index is 0.0739.